The second kappa shape index (κ2) is 5.13. The third kappa shape index (κ3) is 2.82. The predicted octanol–water partition coefficient (Wildman–Crippen LogP) is 1.73. The van der Waals surface area contributed by atoms with Crippen molar-refractivity contribution in [1.82, 2.24) is 4.90 Å². The van der Waals surface area contributed by atoms with Crippen LogP contribution in [0, 0.1) is 13.8 Å². The summed E-state index contributed by atoms with van der Waals surface area (Å²) in [5.74, 6) is 0. The van der Waals surface area contributed by atoms with Gasteiger partial charge in [0.25, 0.3) is 0 Å². The van der Waals surface area contributed by atoms with E-state index in [1.54, 1.807) is 0 Å². The van der Waals surface area contributed by atoms with E-state index < -0.39 is 0 Å². The van der Waals surface area contributed by atoms with Gasteiger partial charge in [-0.05, 0) is 37.6 Å². The van der Waals surface area contributed by atoms with Gasteiger partial charge in [-0.15, -0.1) is 0 Å². The third-order valence-electron chi connectivity index (χ3n) is 2.55. The van der Waals surface area contributed by atoms with E-state index in [-0.39, 0.29) is 6.61 Å². The van der Waals surface area contributed by atoms with Gasteiger partial charge in [0.2, 0.25) is 0 Å². The Morgan fingerprint density at radius 3 is 2.29 bits per heavy atom. The molecule has 0 aliphatic carbocycles. The van der Waals surface area contributed by atoms with Gasteiger partial charge in [-0.3, -0.25) is 4.90 Å². The summed E-state index contributed by atoms with van der Waals surface area (Å²) in [6, 6.07) is 6.35. The molecule has 1 N–H and O–H groups in total. The van der Waals surface area contributed by atoms with Gasteiger partial charge >= 0.3 is 0 Å². The second-order valence-electron chi connectivity index (χ2n) is 3.83. The molecule has 0 fully saturated rings. The summed E-state index contributed by atoms with van der Waals surface area (Å²) in [6.45, 7) is 6.14. The molecular formula is C12H19NO. The molecule has 0 saturated carbocycles. The van der Waals surface area contributed by atoms with Gasteiger partial charge in [-0.25, -0.2) is 0 Å². The summed E-state index contributed by atoms with van der Waals surface area (Å²) in [7, 11) is 2.03. The van der Waals surface area contributed by atoms with E-state index in [0.29, 0.717) is 0 Å². The lowest BCUT2D eigenvalue weighted by Gasteiger charge is -2.18. The first kappa shape index (κ1) is 11.2. The van der Waals surface area contributed by atoms with Crippen molar-refractivity contribution < 1.29 is 5.11 Å². The highest BCUT2D eigenvalue weighted by atomic mass is 16.3. The Morgan fingerprint density at radius 1 is 1.21 bits per heavy atom. The standard InChI is InChI=1S/C12H19NO/c1-10-5-4-6-11(2)12(10)9-13(3)7-8-14/h4-6,14H,7-9H2,1-3H3. The van der Waals surface area contributed by atoms with Crippen molar-refractivity contribution in [3.63, 3.8) is 0 Å². The molecule has 0 aliphatic heterocycles. The molecule has 0 unspecified atom stereocenters. The molecule has 0 atom stereocenters. The minimum atomic E-state index is 0.224. The van der Waals surface area contributed by atoms with E-state index in [4.69, 9.17) is 5.11 Å². The van der Waals surface area contributed by atoms with Gasteiger partial charge in [0.1, 0.15) is 0 Å². The van der Waals surface area contributed by atoms with Crippen LogP contribution in [0.25, 0.3) is 0 Å². The fourth-order valence-corrected chi connectivity index (χ4v) is 1.62. The highest BCUT2D eigenvalue weighted by molar-refractivity contribution is 5.33. The summed E-state index contributed by atoms with van der Waals surface area (Å²) in [4.78, 5) is 2.13. The molecule has 78 valence electrons. The van der Waals surface area contributed by atoms with Crippen LogP contribution in [0.2, 0.25) is 0 Å². The highest BCUT2D eigenvalue weighted by Gasteiger charge is 2.04. The Kier molecular flexibility index (Phi) is 4.11. The van der Waals surface area contributed by atoms with Crippen LogP contribution in [-0.4, -0.2) is 30.2 Å². The molecule has 1 rings (SSSR count). The molecule has 0 heterocycles. The van der Waals surface area contributed by atoms with Crippen LogP contribution in [0.1, 0.15) is 16.7 Å². The number of hydrogen-bond donors (Lipinski definition) is 1. The van der Waals surface area contributed by atoms with Gasteiger partial charge in [0, 0.05) is 13.1 Å². The Hall–Kier alpha value is -0.860. The highest BCUT2D eigenvalue weighted by Crippen LogP contribution is 2.14. The van der Waals surface area contributed by atoms with Crippen LogP contribution >= 0.6 is 0 Å². The first-order valence-electron chi connectivity index (χ1n) is 4.99. The fourth-order valence-electron chi connectivity index (χ4n) is 1.62. The zero-order chi connectivity index (χ0) is 10.6. The molecule has 2 nitrogen and oxygen atoms in total. The van der Waals surface area contributed by atoms with Crippen LogP contribution in [0.5, 0.6) is 0 Å². The van der Waals surface area contributed by atoms with Crippen LogP contribution in [0.4, 0.5) is 0 Å². The summed E-state index contributed by atoms with van der Waals surface area (Å²) < 4.78 is 0. The van der Waals surface area contributed by atoms with Crippen molar-refractivity contribution in [2.45, 2.75) is 20.4 Å². The average molecular weight is 193 g/mol. The Morgan fingerprint density at radius 2 is 1.79 bits per heavy atom. The molecule has 1 aromatic rings. The van der Waals surface area contributed by atoms with Crippen LogP contribution in [0.15, 0.2) is 18.2 Å². The lowest BCUT2D eigenvalue weighted by atomic mass is 10.0. The quantitative estimate of drug-likeness (QED) is 0.787. The summed E-state index contributed by atoms with van der Waals surface area (Å²) in [5.41, 5.74) is 4.04. The van der Waals surface area contributed by atoms with Crippen LogP contribution in [-0.2, 0) is 6.54 Å². The average Bonchev–Trinajstić information content (AvgIpc) is 2.12. The Bertz CT molecular complexity index is 276. The van der Waals surface area contributed by atoms with Crippen molar-refractivity contribution in [2.24, 2.45) is 0 Å². The van der Waals surface area contributed by atoms with Gasteiger partial charge < -0.3 is 5.11 Å². The fraction of sp³-hybridized carbons (Fsp3) is 0.500. The molecule has 0 radical (unpaired) electrons. The number of aliphatic hydroxyl groups excluding tert-OH is 1. The normalized spacial score (nSPS) is 10.9. The molecule has 1 aromatic carbocycles. The molecule has 0 aromatic heterocycles. The van der Waals surface area contributed by atoms with Gasteiger partial charge in [-0.1, -0.05) is 18.2 Å². The van der Waals surface area contributed by atoms with Crippen molar-refractivity contribution >= 4 is 0 Å². The van der Waals surface area contributed by atoms with E-state index in [2.05, 4.69) is 36.9 Å². The molecule has 0 aliphatic rings. The molecule has 0 amide bonds. The zero-order valence-electron chi connectivity index (χ0n) is 9.25. The van der Waals surface area contributed by atoms with Crippen molar-refractivity contribution in [3.05, 3.63) is 34.9 Å². The first-order valence-corrected chi connectivity index (χ1v) is 4.99. The topological polar surface area (TPSA) is 23.5 Å². The van der Waals surface area contributed by atoms with Crippen molar-refractivity contribution in [3.8, 4) is 0 Å². The minimum absolute atomic E-state index is 0.224. The van der Waals surface area contributed by atoms with Crippen molar-refractivity contribution in [2.75, 3.05) is 20.2 Å². The zero-order valence-corrected chi connectivity index (χ0v) is 9.25. The number of nitrogens with zero attached hydrogens (tertiary/aromatic N) is 1. The smallest absolute Gasteiger partial charge is 0.0558 e. The Balaban J connectivity index is 2.75. The monoisotopic (exact) mass is 193 g/mol. The van der Waals surface area contributed by atoms with Gasteiger partial charge in [0.05, 0.1) is 6.61 Å². The van der Waals surface area contributed by atoms with Crippen LogP contribution in [0.3, 0.4) is 0 Å². The van der Waals surface area contributed by atoms with Crippen molar-refractivity contribution in [1.29, 1.82) is 0 Å². The molecule has 0 saturated heterocycles. The van der Waals surface area contributed by atoms with E-state index >= 15 is 0 Å². The Labute approximate surface area is 86.2 Å². The first-order chi connectivity index (χ1) is 6.65. The molecule has 0 bridgehead atoms. The van der Waals surface area contributed by atoms with E-state index in [0.717, 1.165) is 13.1 Å². The number of aryl methyl sites for hydroxylation is 2. The van der Waals surface area contributed by atoms with Gasteiger partial charge in [0.15, 0.2) is 0 Å². The van der Waals surface area contributed by atoms with E-state index in [1.165, 1.54) is 16.7 Å². The maximum atomic E-state index is 8.81. The molecule has 2 heteroatoms. The van der Waals surface area contributed by atoms with E-state index in [1.807, 2.05) is 7.05 Å². The predicted molar refractivity (Wildman–Crippen MR) is 59.3 cm³/mol. The SMILES string of the molecule is Cc1cccc(C)c1CN(C)CCO. The molecular weight excluding hydrogens is 174 g/mol. The number of aliphatic hydroxyl groups is 1. The summed E-state index contributed by atoms with van der Waals surface area (Å²) in [5, 5.41) is 8.81. The number of hydrogen-bond acceptors (Lipinski definition) is 2. The summed E-state index contributed by atoms with van der Waals surface area (Å²) in [6.07, 6.45) is 0. The number of likely N-dealkylation sites (N-methyl/N-ethyl adjacent to an activating group) is 1. The minimum Gasteiger partial charge on any atom is -0.395 e. The van der Waals surface area contributed by atoms with E-state index in [9.17, 15) is 0 Å². The number of benzene rings is 1. The lowest BCUT2D eigenvalue weighted by molar-refractivity contribution is 0.217. The second-order valence-corrected chi connectivity index (χ2v) is 3.83. The molecule has 14 heavy (non-hydrogen) atoms. The maximum absolute atomic E-state index is 8.81. The lowest BCUT2D eigenvalue weighted by Crippen LogP contribution is -2.22. The summed E-state index contributed by atoms with van der Waals surface area (Å²) >= 11 is 0. The van der Waals surface area contributed by atoms with Crippen LogP contribution < -0.4 is 0 Å². The largest absolute Gasteiger partial charge is 0.395 e. The third-order valence-corrected chi connectivity index (χ3v) is 2.55. The number of rotatable bonds is 4. The molecule has 0 spiro atoms. The maximum Gasteiger partial charge on any atom is 0.0558 e. The van der Waals surface area contributed by atoms with Gasteiger partial charge in [-0.2, -0.15) is 0 Å².